The summed E-state index contributed by atoms with van der Waals surface area (Å²) in [4.78, 5) is 25.2. The van der Waals surface area contributed by atoms with Crippen molar-refractivity contribution in [1.82, 2.24) is 13.4 Å². The Bertz CT molecular complexity index is 1270. The maximum Gasteiger partial charge on any atom is 0.251 e. The van der Waals surface area contributed by atoms with Gasteiger partial charge >= 0.3 is 0 Å². The van der Waals surface area contributed by atoms with E-state index in [9.17, 15) is 18.0 Å². The van der Waals surface area contributed by atoms with Gasteiger partial charge < -0.3 is 9.13 Å². The van der Waals surface area contributed by atoms with E-state index in [4.69, 9.17) is 11.6 Å². The van der Waals surface area contributed by atoms with Crippen LogP contribution in [0.15, 0.2) is 58.4 Å². The zero-order chi connectivity index (χ0) is 22.2. The summed E-state index contributed by atoms with van der Waals surface area (Å²) in [6.07, 6.45) is 1.20. The van der Waals surface area contributed by atoms with E-state index in [0.29, 0.717) is 10.6 Å². The number of carbonyl (C=O) groups excluding carboxylic acids is 1. The Labute approximate surface area is 180 Å². The molecule has 0 bridgehead atoms. The molecule has 0 unspecified atom stereocenters. The highest BCUT2D eigenvalue weighted by Gasteiger charge is 2.21. The molecule has 0 fully saturated rings. The molecule has 3 rings (SSSR count). The number of rotatable bonds is 6. The molecule has 9 heteroatoms. The first kappa shape index (κ1) is 22.0. The van der Waals surface area contributed by atoms with Gasteiger partial charge in [0.1, 0.15) is 0 Å². The predicted molar refractivity (Wildman–Crippen MR) is 116 cm³/mol. The number of sulfonamides is 1. The number of pyridine rings is 1. The summed E-state index contributed by atoms with van der Waals surface area (Å²) in [6.45, 7) is 3.44. The average Bonchev–Trinajstić information content (AvgIpc) is 2.98. The van der Waals surface area contributed by atoms with Gasteiger partial charge in [-0.2, -0.15) is 0 Å². The standard InChI is InChI=1S/C21H22ClN3O4S/c1-14-11-19(15(2)25(14)17-7-5-16(22)6-8-17)20(26)13-24-12-18(9-10-21(24)27)30(28,29)23(3)4/h5-12H,13H2,1-4H3. The normalized spacial score (nSPS) is 11.8. The molecule has 0 N–H and O–H groups in total. The first-order valence-electron chi connectivity index (χ1n) is 9.13. The van der Waals surface area contributed by atoms with Crippen LogP contribution in [-0.4, -0.2) is 41.7 Å². The van der Waals surface area contributed by atoms with Crippen molar-refractivity contribution in [3.8, 4) is 5.69 Å². The number of Topliss-reactive ketones (excluding diaryl/α,β-unsaturated/α-hetero) is 1. The molecule has 0 aliphatic carbocycles. The molecule has 0 saturated heterocycles. The molecule has 158 valence electrons. The van der Waals surface area contributed by atoms with Gasteiger partial charge in [0.2, 0.25) is 10.0 Å². The van der Waals surface area contributed by atoms with Gasteiger partial charge in [-0.05, 0) is 50.2 Å². The van der Waals surface area contributed by atoms with Crippen LogP contribution in [0.4, 0.5) is 0 Å². The maximum absolute atomic E-state index is 13.0. The molecular weight excluding hydrogens is 426 g/mol. The Morgan fingerprint density at radius 3 is 2.30 bits per heavy atom. The van der Waals surface area contributed by atoms with Gasteiger partial charge in [-0.1, -0.05) is 11.6 Å². The summed E-state index contributed by atoms with van der Waals surface area (Å²) in [5.74, 6) is -0.287. The quantitative estimate of drug-likeness (QED) is 0.544. The monoisotopic (exact) mass is 447 g/mol. The third kappa shape index (κ3) is 4.12. The van der Waals surface area contributed by atoms with Gasteiger partial charge in [0.05, 0.1) is 11.4 Å². The highest BCUT2D eigenvalue weighted by molar-refractivity contribution is 7.89. The van der Waals surface area contributed by atoms with Crippen LogP contribution in [0.25, 0.3) is 5.69 Å². The molecule has 0 aliphatic heterocycles. The predicted octanol–water partition coefficient (Wildman–Crippen LogP) is 3.04. The topological polar surface area (TPSA) is 81.4 Å². The molecule has 7 nitrogen and oxygen atoms in total. The Morgan fingerprint density at radius 2 is 1.70 bits per heavy atom. The summed E-state index contributed by atoms with van der Waals surface area (Å²) < 4.78 is 28.8. The number of hydrogen-bond acceptors (Lipinski definition) is 4. The molecule has 2 aromatic heterocycles. The average molecular weight is 448 g/mol. The first-order valence-corrected chi connectivity index (χ1v) is 11.0. The molecule has 0 amide bonds. The SMILES string of the molecule is Cc1cc(C(=O)Cn2cc(S(=O)(=O)N(C)C)ccc2=O)c(C)n1-c1ccc(Cl)cc1. The molecule has 30 heavy (non-hydrogen) atoms. The number of aryl methyl sites for hydroxylation is 1. The van der Waals surface area contributed by atoms with Gasteiger partial charge in [0.15, 0.2) is 5.78 Å². The molecule has 0 aliphatic rings. The van der Waals surface area contributed by atoms with Crippen LogP contribution in [0.1, 0.15) is 21.7 Å². The molecule has 0 atom stereocenters. The van der Waals surface area contributed by atoms with Crippen molar-refractivity contribution < 1.29 is 13.2 Å². The number of ketones is 1. The van der Waals surface area contributed by atoms with E-state index in [1.807, 2.05) is 30.5 Å². The van der Waals surface area contributed by atoms with Crippen molar-refractivity contribution in [2.45, 2.75) is 25.3 Å². The van der Waals surface area contributed by atoms with E-state index >= 15 is 0 Å². The number of carbonyl (C=O) groups is 1. The molecular formula is C21H22ClN3O4S. The second-order valence-corrected chi connectivity index (χ2v) is 9.73. The number of nitrogens with zero attached hydrogens (tertiary/aromatic N) is 3. The van der Waals surface area contributed by atoms with Crippen molar-refractivity contribution in [2.24, 2.45) is 0 Å². The fourth-order valence-corrected chi connectivity index (χ4v) is 4.32. The Kier molecular flexibility index (Phi) is 6.03. The van der Waals surface area contributed by atoms with Crippen molar-refractivity contribution >= 4 is 27.4 Å². The van der Waals surface area contributed by atoms with Crippen molar-refractivity contribution in [3.05, 3.63) is 81.0 Å². The van der Waals surface area contributed by atoms with E-state index in [1.165, 1.54) is 26.4 Å². The van der Waals surface area contributed by atoms with Crippen LogP contribution in [0.3, 0.4) is 0 Å². The number of hydrogen-bond donors (Lipinski definition) is 0. The zero-order valence-corrected chi connectivity index (χ0v) is 18.7. The van der Waals surface area contributed by atoms with Gasteiger partial charge in [0.25, 0.3) is 5.56 Å². The van der Waals surface area contributed by atoms with E-state index in [0.717, 1.165) is 32.0 Å². The van der Waals surface area contributed by atoms with E-state index < -0.39 is 15.6 Å². The minimum absolute atomic E-state index is 0.0495. The lowest BCUT2D eigenvalue weighted by Gasteiger charge is -2.13. The fourth-order valence-electron chi connectivity index (χ4n) is 3.27. The molecule has 0 radical (unpaired) electrons. The molecule has 0 spiro atoms. The van der Waals surface area contributed by atoms with Gasteiger partial charge in [-0.3, -0.25) is 9.59 Å². The molecule has 1 aromatic carbocycles. The van der Waals surface area contributed by atoms with Crippen LogP contribution >= 0.6 is 11.6 Å². The molecule has 0 saturated carbocycles. The lowest BCUT2D eigenvalue weighted by Crippen LogP contribution is -2.27. The van der Waals surface area contributed by atoms with Crippen LogP contribution in [0.5, 0.6) is 0 Å². The van der Waals surface area contributed by atoms with Crippen LogP contribution in [-0.2, 0) is 16.6 Å². The van der Waals surface area contributed by atoms with E-state index in [-0.39, 0.29) is 17.2 Å². The summed E-state index contributed by atoms with van der Waals surface area (Å²) in [7, 11) is -0.911. The van der Waals surface area contributed by atoms with Crippen molar-refractivity contribution in [3.63, 3.8) is 0 Å². The first-order chi connectivity index (χ1) is 14.0. The lowest BCUT2D eigenvalue weighted by molar-refractivity contribution is 0.0970. The highest BCUT2D eigenvalue weighted by Crippen LogP contribution is 2.23. The highest BCUT2D eigenvalue weighted by atomic mass is 35.5. The van der Waals surface area contributed by atoms with E-state index in [1.54, 1.807) is 18.2 Å². The Balaban J connectivity index is 1.97. The third-order valence-corrected chi connectivity index (χ3v) is 6.92. The fraction of sp³-hybridized carbons (Fsp3) is 0.238. The second kappa shape index (κ2) is 8.22. The summed E-state index contributed by atoms with van der Waals surface area (Å²) in [5.41, 5.74) is 2.46. The van der Waals surface area contributed by atoms with Crippen LogP contribution in [0, 0.1) is 13.8 Å². The Morgan fingerprint density at radius 1 is 1.07 bits per heavy atom. The van der Waals surface area contributed by atoms with Crippen LogP contribution < -0.4 is 5.56 Å². The number of halogens is 1. The second-order valence-electron chi connectivity index (χ2n) is 7.14. The summed E-state index contributed by atoms with van der Waals surface area (Å²) in [6, 6.07) is 11.4. The van der Waals surface area contributed by atoms with E-state index in [2.05, 4.69) is 0 Å². The third-order valence-electron chi connectivity index (χ3n) is 4.87. The minimum atomic E-state index is -3.72. The maximum atomic E-state index is 13.0. The minimum Gasteiger partial charge on any atom is -0.318 e. The number of benzene rings is 1. The van der Waals surface area contributed by atoms with Gasteiger partial charge in [0, 0.05) is 54.0 Å². The van der Waals surface area contributed by atoms with Crippen molar-refractivity contribution in [1.29, 1.82) is 0 Å². The largest absolute Gasteiger partial charge is 0.318 e. The smallest absolute Gasteiger partial charge is 0.251 e. The summed E-state index contributed by atoms with van der Waals surface area (Å²) >= 11 is 5.96. The lowest BCUT2D eigenvalue weighted by atomic mass is 10.1. The number of aromatic nitrogens is 2. The summed E-state index contributed by atoms with van der Waals surface area (Å²) in [5, 5.41) is 0.615. The van der Waals surface area contributed by atoms with Gasteiger partial charge in [-0.15, -0.1) is 0 Å². The molecule has 3 aromatic rings. The Hall–Kier alpha value is -2.68. The van der Waals surface area contributed by atoms with Crippen LogP contribution in [0.2, 0.25) is 5.02 Å². The zero-order valence-electron chi connectivity index (χ0n) is 17.1. The molecule has 2 heterocycles. The van der Waals surface area contributed by atoms with Gasteiger partial charge in [-0.25, -0.2) is 12.7 Å². The van der Waals surface area contributed by atoms with Crippen molar-refractivity contribution in [2.75, 3.05) is 14.1 Å².